The van der Waals surface area contributed by atoms with E-state index in [-0.39, 0.29) is 5.82 Å². The van der Waals surface area contributed by atoms with Crippen LogP contribution in [0.3, 0.4) is 0 Å². The highest BCUT2D eigenvalue weighted by atomic mass is 19.1. The molecule has 1 radical (unpaired) electrons. The highest BCUT2D eigenvalue weighted by molar-refractivity contribution is 5.57. The van der Waals surface area contributed by atoms with Crippen molar-refractivity contribution in [2.75, 3.05) is 0 Å². The van der Waals surface area contributed by atoms with Gasteiger partial charge in [-0.05, 0) is 30.3 Å². The fourth-order valence-corrected chi connectivity index (χ4v) is 1.64. The van der Waals surface area contributed by atoms with Gasteiger partial charge in [0.1, 0.15) is 11.5 Å². The third kappa shape index (κ3) is 2.00. The lowest BCUT2D eigenvalue weighted by molar-refractivity contribution is 0.628. The van der Waals surface area contributed by atoms with E-state index in [9.17, 15) is 4.39 Å². The molecule has 0 aliphatic rings. The smallest absolute Gasteiger partial charge is 0.123 e. The highest BCUT2D eigenvalue weighted by Gasteiger charge is 2.05. The van der Waals surface area contributed by atoms with Gasteiger partial charge in [0.25, 0.3) is 0 Å². The first-order chi connectivity index (χ1) is 8.83. The third-order valence-corrected chi connectivity index (χ3v) is 2.54. The van der Waals surface area contributed by atoms with E-state index in [1.165, 1.54) is 16.9 Å². The van der Waals surface area contributed by atoms with Crippen molar-refractivity contribution in [3.63, 3.8) is 0 Å². The molecule has 87 valence electrons. The number of aromatic nitrogens is 3. The van der Waals surface area contributed by atoms with Crippen LogP contribution in [0.15, 0.2) is 54.7 Å². The van der Waals surface area contributed by atoms with Gasteiger partial charge in [-0.25, -0.2) is 4.39 Å². The average molecular weight is 238 g/mol. The van der Waals surface area contributed by atoms with E-state index in [0.29, 0.717) is 5.69 Å². The molecule has 18 heavy (non-hydrogen) atoms. The molecule has 3 nitrogen and oxygen atoms in total. The Kier molecular flexibility index (Phi) is 2.61. The molecule has 0 saturated heterocycles. The molecule has 1 aromatic heterocycles. The Bertz CT molecular complexity index is 644. The first kappa shape index (κ1) is 10.7. The van der Waals surface area contributed by atoms with Crippen molar-refractivity contribution in [1.82, 2.24) is 15.0 Å². The van der Waals surface area contributed by atoms with Crippen LogP contribution < -0.4 is 0 Å². The van der Waals surface area contributed by atoms with Gasteiger partial charge >= 0.3 is 0 Å². The molecule has 0 bridgehead atoms. The predicted octanol–water partition coefficient (Wildman–Crippen LogP) is 2.87. The van der Waals surface area contributed by atoms with Crippen LogP contribution in [0.2, 0.25) is 0 Å². The number of halogens is 1. The zero-order chi connectivity index (χ0) is 12.4. The Hall–Kier alpha value is -2.49. The lowest BCUT2D eigenvalue weighted by Crippen LogP contribution is -1.98. The Labute approximate surface area is 104 Å². The van der Waals surface area contributed by atoms with Crippen LogP contribution in [0, 0.1) is 11.9 Å². The van der Waals surface area contributed by atoms with Crippen molar-refractivity contribution in [2.24, 2.45) is 0 Å². The SMILES string of the molecule is Fc1ccc(-c2cnn(-c3[c]cccc3)n2)cc1. The topological polar surface area (TPSA) is 30.7 Å². The number of benzene rings is 2. The maximum Gasteiger partial charge on any atom is 0.123 e. The zero-order valence-electron chi connectivity index (χ0n) is 9.42. The molecule has 4 heteroatoms. The normalized spacial score (nSPS) is 10.5. The Morgan fingerprint density at radius 2 is 1.89 bits per heavy atom. The zero-order valence-corrected chi connectivity index (χ0v) is 9.42. The number of hydrogen-bond donors (Lipinski definition) is 0. The second-order valence-corrected chi connectivity index (χ2v) is 3.77. The second-order valence-electron chi connectivity index (χ2n) is 3.77. The molecule has 3 rings (SSSR count). The van der Waals surface area contributed by atoms with Crippen LogP contribution in [-0.2, 0) is 0 Å². The van der Waals surface area contributed by atoms with E-state index < -0.39 is 0 Å². The average Bonchev–Trinajstić information content (AvgIpc) is 2.90. The van der Waals surface area contributed by atoms with Gasteiger partial charge in [-0.1, -0.05) is 18.2 Å². The molecule has 0 aliphatic carbocycles. The Balaban J connectivity index is 1.97. The number of rotatable bonds is 2. The lowest BCUT2D eigenvalue weighted by Gasteiger charge is -1.97. The molecule has 0 spiro atoms. The second kappa shape index (κ2) is 4.41. The van der Waals surface area contributed by atoms with Crippen molar-refractivity contribution in [2.45, 2.75) is 0 Å². The molecule has 0 aliphatic heterocycles. The minimum Gasteiger partial charge on any atom is -0.207 e. The van der Waals surface area contributed by atoms with E-state index in [1.54, 1.807) is 24.4 Å². The van der Waals surface area contributed by atoms with Crippen molar-refractivity contribution in [3.05, 3.63) is 66.6 Å². The van der Waals surface area contributed by atoms with Crippen molar-refractivity contribution >= 4 is 0 Å². The quantitative estimate of drug-likeness (QED) is 0.687. The van der Waals surface area contributed by atoms with Crippen LogP contribution in [0.25, 0.3) is 16.9 Å². The number of para-hydroxylation sites is 1. The largest absolute Gasteiger partial charge is 0.207 e. The summed E-state index contributed by atoms with van der Waals surface area (Å²) in [5.74, 6) is -0.262. The molecular formula is C14H9FN3. The van der Waals surface area contributed by atoms with Crippen LogP contribution in [0.1, 0.15) is 0 Å². The first-order valence-corrected chi connectivity index (χ1v) is 5.48. The minimum absolute atomic E-state index is 0.262. The Morgan fingerprint density at radius 3 is 2.61 bits per heavy atom. The molecule has 1 heterocycles. The van der Waals surface area contributed by atoms with Gasteiger partial charge in [-0.3, -0.25) is 0 Å². The number of hydrogen-bond acceptors (Lipinski definition) is 2. The van der Waals surface area contributed by atoms with Crippen molar-refractivity contribution < 1.29 is 4.39 Å². The molecule has 3 aromatic rings. The molecule has 0 N–H and O–H groups in total. The number of nitrogens with zero attached hydrogens (tertiary/aromatic N) is 3. The summed E-state index contributed by atoms with van der Waals surface area (Å²) in [4.78, 5) is 1.50. The molecule has 0 unspecified atom stereocenters. The van der Waals surface area contributed by atoms with E-state index in [1.807, 2.05) is 18.2 Å². The van der Waals surface area contributed by atoms with E-state index >= 15 is 0 Å². The fourth-order valence-electron chi connectivity index (χ4n) is 1.64. The van der Waals surface area contributed by atoms with Crippen molar-refractivity contribution in [3.8, 4) is 16.9 Å². The van der Waals surface area contributed by atoms with E-state index in [4.69, 9.17) is 0 Å². The molecule has 0 amide bonds. The standard InChI is InChI=1S/C14H9FN3/c15-12-8-6-11(7-9-12)14-10-16-18(17-14)13-4-2-1-3-5-13/h1-4,6-10H. The van der Waals surface area contributed by atoms with Crippen LogP contribution in [0.4, 0.5) is 4.39 Å². The molecule has 0 fully saturated rings. The van der Waals surface area contributed by atoms with Gasteiger partial charge in [-0.2, -0.15) is 9.90 Å². The summed E-state index contributed by atoms with van der Waals surface area (Å²) < 4.78 is 12.8. The van der Waals surface area contributed by atoms with Crippen LogP contribution in [0.5, 0.6) is 0 Å². The summed E-state index contributed by atoms with van der Waals surface area (Å²) in [7, 11) is 0. The maximum atomic E-state index is 12.8. The molecule has 0 atom stereocenters. The van der Waals surface area contributed by atoms with Crippen LogP contribution in [-0.4, -0.2) is 15.0 Å². The molecule has 0 saturated carbocycles. The van der Waals surface area contributed by atoms with E-state index in [2.05, 4.69) is 16.3 Å². The fraction of sp³-hybridized carbons (Fsp3) is 0. The van der Waals surface area contributed by atoms with Gasteiger partial charge in [-0.15, -0.1) is 5.10 Å². The summed E-state index contributed by atoms with van der Waals surface area (Å²) in [5.41, 5.74) is 2.30. The summed E-state index contributed by atoms with van der Waals surface area (Å²) in [5, 5.41) is 8.50. The summed E-state index contributed by atoms with van der Waals surface area (Å²) >= 11 is 0. The summed E-state index contributed by atoms with van der Waals surface area (Å²) in [6.07, 6.45) is 1.65. The third-order valence-electron chi connectivity index (χ3n) is 2.54. The van der Waals surface area contributed by atoms with E-state index in [0.717, 1.165) is 11.3 Å². The molecular weight excluding hydrogens is 229 g/mol. The maximum absolute atomic E-state index is 12.8. The van der Waals surface area contributed by atoms with Gasteiger partial charge in [0.2, 0.25) is 0 Å². The Morgan fingerprint density at radius 1 is 1.06 bits per heavy atom. The minimum atomic E-state index is -0.262. The lowest BCUT2D eigenvalue weighted by atomic mass is 10.2. The van der Waals surface area contributed by atoms with Gasteiger partial charge in [0.05, 0.1) is 11.9 Å². The summed E-state index contributed by atoms with van der Waals surface area (Å²) in [6, 6.07) is 16.7. The van der Waals surface area contributed by atoms with Crippen LogP contribution >= 0.6 is 0 Å². The monoisotopic (exact) mass is 238 g/mol. The van der Waals surface area contributed by atoms with Gasteiger partial charge in [0, 0.05) is 11.6 Å². The highest BCUT2D eigenvalue weighted by Crippen LogP contribution is 2.17. The predicted molar refractivity (Wildman–Crippen MR) is 65.6 cm³/mol. The van der Waals surface area contributed by atoms with Gasteiger partial charge in [0.15, 0.2) is 0 Å². The first-order valence-electron chi connectivity index (χ1n) is 5.48. The van der Waals surface area contributed by atoms with Gasteiger partial charge < -0.3 is 0 Å². The van der Waals surface area contributed by atoms with Crippen molar-refractivity contribution in [1.29, 1.82) is 0 Å². The summed E-state index contributed by atoms with van der Waals surface area (Å²) in [6.45, 7) is 0. The molecule has 2 aromatic carbocycles.